The first-order valence-electron chi connectivity index (χ1n) is 7.95. The standard InChI is InChI=1S/C16H20N8O/c1-10-5-7-13(8-6-10)24-12(3)14(17-22-24)16(25)23(4)9-11(2)15-18-20-21-19-15/h5-8,11H,9H2,1-4H3,(H,18,19,20,21). The number of aromatic nitrogens is 7. The number of aryl methyl sites for hydroxylation is 1. The van der Waals surface area contributed by atoms with Gasteiger partial charge in [0.05, 0.1) is 11.4 Å². The molecule has 2 heterocycles. The highest BCUT2D eigenvalue weighted by molar-refractivity contribution is 5.93. The average molecular weight is 340 g/mol. The van der Waals surface area contributed by atoms with Crippen LogP contribution in [0.4, 0.5) is 0 Å². The number of carbonyl (C=O) groups is 1. The SMILES string of the molecule is Cc1ccc(-n2nnc(C(=O)N(C)CC(C)c3nn[nH]n3)c2C)cc1. The second kappa shape index (κ2) is 6.80. The maximum absolute atomic E-state index is 12.7. The molecule has 0 radical (unpaired) electrons. The maximum atomic E-state index is 12.7. The van der Waals surface area contributed by atoms with Crippen LogP contribution in [0.3, 0.4) is 0 Å². The van der Waals surface area contributed by atoms with Crippen molar-refractivity contribution < 1.29 is 4.79 Å². The van der Waals surface area contributed by atoms with E-state index >= 15 is 0 Å². The summed E-state index contributed by atoms with van der Waals surface area (Å²) in [7, 11) is 1.73. The third kappa shape index (κ3) is 3.39. The quantitative estimate of drug-likeness (QED) is 0.750. The Hall–Kier alpha value is -3.10. The molecule has 1 N–H and O–H groups in total. The Labute approximate surface area is 145 Å². The fourth-order valence-electron chi connectivity index (χ4n) is 2.59. The van der Waals surface area contributed by atoms with Gasteiger partial charge in [0, 0.05) is 19.5 Å². The molecular formula is C16H20N8O. The normalized spacial score (nSPS) is 12.2. The third-order valence-corrected chi connectivity index (χ3v) is 4.07. The van der Waals surface area contributed by atoms with E-state index in [2.05, 4.69) is 30.9 Å². The highest BCUT2D eigenvalue weighted by Crippen LogP contribution is 2.16. The molecule has 0 bridgehead atoms. The molecule has 9 nitrogen and oxygen atoms in total. The minimum atomic E-state index is -0.189. The Morgan fingerprint density at radius 2 is 1.96 bits per heavy atom. The van der Waals surface area contributed by atoms with Crippen molar-refractivity contribution in [2.24, 2.45) is 0 Å². The number of H-pyrrole nitrogens is 1. The van der Waals surface area contributed by atoms with Crippen LogP contribution in [0.15, 0.2) is 24.3 Å². The van der Waals surface area contributed by atoms with Gasteiger partial charge in [-0.1, -0.05) is 35.0 Å². The van der Waals surface area contributed by atoms with Gasteiger partial charge in [0.15, 0.2) is 11.5 Å². The van der Waals surface area contributed by atoms with Crippen LogP contribution in [-0.4, -0.2) is 60.0 Å². The summed E-state index contributed by atoms with van der Waals surface area (Å²) in [5.74, 6) is 0.339. The van der Waals surface area contributed by atoms with Gasteiger partial charge < -0.3 is 4.90 Å². The van der Waals surface area contributed by atoms with E-state index < -0.39 is 0 Å². The average Bonchev–Trinajstić information content (AvgIpc) is 3.25. The number of nitrogens with zero attached hydrogens (tertiary/aromatic N) is 7. The Balaban J connectivity index is 1.77. The Morgan fingerprint density at radius 3 is 2.60 bits per heavy atom. The molecule has 0 aliphatic heterocycles. The largest absolute Gasteiger partial charge is 0.340 e. The molecule has 0 aliphatic carbocycles. The summed E-state index contributed by atoms with van der Waals surface area (Å²) in [4.78, 5) is 14.3. The van der Waals surface area contributed by atoms with Gasteiger partial charge in [0.1, 0.15) is 0 Å². The molecule has 0 saturated carbocycles. The molecule has 1 amide bonds. The molecule has 0 saturated heterocycles. The molecule has 3 rings (SSSR count). The van der Waals surface area contributed by atoms with Crippen molar-refractivity contribution in [2.45, 2.75) is 26.7 Å². The number of likely N-dealkylation sites (N-methyl/N-ethyl adjacent to an activating group) is 1. The van der Waals surface area contributed by atoms with Crippen LogP contribution < -0.4 is 0 Å². The third-order valence-electron chi connectivity index (χ3n) is 4.07. The van der Waals surface area contributed by atoms with Crippen molar-refractivity contribution in [1.82, 2.24) is 40.5 Å². The number of nitrogens with one attached hydrogen (secondary N) is 1. The number of amides is 1. The predicted octanol–water partition coefficient (Wildman–Crippen LogP) is 1.27. The van der Waals surface area contributed by atoms with Crippen LogP contribution in [0.5, 0.6) is 0 Å². The van der Waals surface area contributed by atoms with Gasteiger partial charge in [0.25, 0.3) is 5.91 Å². The van der Waals surface area contributed by atoms with Crippen molar-refractivity contribution in [3.8, 4) is 5.69 Å². The van der Waals surface area contributed by atoms with Gasteiger partial charge >= 0.3 is 0 Å². The molecule has 2 aromatic heterocycles. The van der Waals surface area contributed by atoms with Crippen molar-refractivity contribution in [2.75, 3.05) is 13.6 Å². The summed E-state index contributed by atoms with van der Waals surface area (Å²) >= 11 is 0. The van der Waals surface area contributed by atoms with Gasteiger partial charge in [-0.3, -0.25) is 4.79 Å². The second-order valence-electron chi connectivity index (χ2n) is 6.13. The highest BCUT2D eigenvalue weighted by atomic mass is 16.2. The monoisotopic (exact) mass is 340 g/mol. The molecule has 1 unspecified atom stereocenters. The number of aromatic amines is 1. The first-order valence-corrected chi connectivity index (χ1v) is 7.95. The fourth-order valence-corrected chi connectivity index (χ4v) is 2.59. The smallest absolute Gasteiger partial charge is 0.276 e. The predicted molar refractivity (Wildman–Crippen MR) is 90.4 cm³/mol. The summed E-state index contributed by atoms with van der Waals surface area (Å²) in [6.07, 6.45) is 0. The number of tetrazole rings is 1. The summed E-state index contributed by atoms with van der Waals surface area (Å²) in [6.45, 7) is 6.25. The van der Waals surface area contributed by atoms with Gasteiger partial charge in [-0.25, -0.2) is 4.68 Å². The first kappa shape index (κ1) is 16.7. The van der Waals surface area contributed by atoms with E-state index in [1.165, 1.54) is 0 Å². The molecule has 1 aromatic carbocycles. The van der Waals surface area contributed by atoms with Crippen LogP contribution >= 0.6 is 0 Å². The summed E-state index contributed by atoms with van der Waals surface area (Å²) in [6, 6.07) is 7.90. The molecule has 9 heteroatoms. The number of hydrogen-bond donors (Lipinski definition) is 1. The molecule has 25 heavy (non-hydrogen) atoms. The van der Waals surface area contributed by atoms with E-state index in [4.69, 9.17) is 0 Å². The Morgan fingerprint density at radius 1 is 1.24 bits per heavy atom. The molecule has 1 atom stereocenters. The molecule has 3 aromatic rings. The molecular weight excluding hydrogens is 320 g/mol. The zero-order valence-electron chi connectivity index (χ0n) is 14.6. The lowest BCUT2D eigenvalue weighted by molar-refractivity contribution is 0.0780. The van der Waals surface area contributed by atoms with E-state index in [-0.39, 0.29) is 11.8 Å². The van der Waals surface area contributed by atoms with Crippen LogP contribution in [0.1, 0.15) is 40.4 Å². The zero-order valence-corrected chi connectivity index (χ0v) is 14.6. The van der Waals surface area contributed by atoms with Crippen LogP contribution in [0.25, 0.3) is 5.69 Å². The minimum absolute atomic E-state index is 0.0415. The van der Waals surface area contributed by atoms with Gasteiger partial charge in [-0.2, -0.15) is 5.21 Å². The van der Waals surface area contributed by atoms with Crippen molar-refractivity contribution in [3.05, 3.63) is 47.0 Å². The van der Waals surface area contributed by atoms with Gasteiger partial charge in [-0.05, 0) is 26.0 Å². The summed E-state index contributed by atoms with van der Waals surface area (Å²) < 4.78 is 1.67. The molecule has 0 aliphatic rings. The highest BCUT2D eigenvalue weighted by Gasteiger charge is 2.23. The Bertz CT molecular complexity index is 853. The summed E-state index contributed by atoms with van der Waals surface area (Å²) in [5.41, 5.74) is 3.07. The fraction of sp³-hybridized carbons (Fsp3) is 0.375. The van der Waals surface area contributed by atoms with E-state index in [9.17, 15) is 4.79 Å². The Kier molecular flexibility index (Phi) is 4.55. The molecule has 0 spiro atoms. The summed E-state index contributed by atoms with van der Waals surface area (Å²) in [5, 5.41) is 22.1. The van der Waals surface area contributed by atoms with E-state index in [0.29, 0.717) is 23.8 Å². The zero-order chi connectivity index (χ0) is 18.0. The van der Waals surface area contributed by atoms with Gasteiger partial charge in [0.2, 0.25) is 0 Å². The number of hydrogen-bond acceptors (Lipinski definition) is 6. The number of benzene rings is 1. The second-order valence-corrected chi connectivity index (χ2v) is 6.13. The van der Waals surface area contributed by atoms with E-state index in [0.717, 1.165) is 11.3 Å². The molecule has 0 fully saturated rings. The first-order chi connectivity index (χ1) is 12.0. The lowest BCUT2D eigenvalue weighted by atomic mass is 10.1. The van der Waals surface area contributed by atoms with Crippen LogP contribution in [-0.2, 0) is 0 Å². The maximum Gasteiger partial charge on any atom is 0.276 e. The van der Waals surface area contributed by atoms with Crippen LogP contribution in [0.2, 0.25) is 0 Å². The number of rotatable bonds is 5. The topological polar surface area (TPSA) is 105 Å². The van der Waals surface area contributed by atoms with Crippen molar-refractivity contribution in [1.29, 1.82) is 0 Å². The van der Waals surface area contributed by atoms with Crippen LogP contribution in [0, 0.1) is 13.8 Å². The lowest BCUT2D eigenvalue weighted by Gasteiger charge is -2.19. The minimum Gasteiger partial charge on any atom is -0.340 e. The lowest BCUT2D eigenvalue weighted by Crippen LogP contribution is -2.31. The van der Waals surface area contributed by atoms with Crippen molar-refractivity contribution in [3.63, 3.8) is 0 Å². The van der Waals surface area contributed by atoms with Gasteiger partial charge in [-0.15, -0.1) is 15.3 Å². The number of carbonyl (C=O) groups excluding carboxylic acids is 1. The van der Waals surface area contributed by atoms with E-state index in [1.807, 2.05) is 45.0 Å². The van der Waals surface area contributed by atoms with Crippen molar-refractivity contribution >= 4 is 5.91 Å². The van der Waals surface area contributed by atoms with E-state index in [1.54, 1.807) is 16.6 Å². The molecule has 130 valence electrons.